The number of nitrogens with one attached hydrogen (secondary N) is 2. The highest BCUT2D eigenvalue weighted by atomic mass is 16.4. The number of anilines is 1. The highest BCUT2D eigenvalue weighted by Crippen LogP contribution is 2.31. The van der Waals surface area contributed by atoms with Gasteiger partial charge in [0.25, 0.3) is 5.91 Å². The molecule has 1 atom stereocenters. The second-order valence-electron chi connectivity index (χ2n) is 10.0. The van der Waals surface area contributed by atoms with Crippen LogP contribution in [0.4, 0.5) is 16.3 Å². The van der Waals surface area contributed by atoms with Crippen LogP contribution in [0.2, 0.25) is 0 Å². The zero-order valence-electron chi connectivity index (χ0n) is 23.3. The molecule has 2 aliphatic heterocycles. The number of aromatic amines is 1. The van der Waals surface area contributed by atoms with Gasteiger partial charge in [-0.05, 0) is 58.0 Å². The van der Waals surface area contributed by atoms with Gasteiger partial charge in [-0.25, -0.2) is 19.6 Å². The number of aliphatic imine (C=N–C) groups is 2. The molecule has 210 valence electrons. The summed E-state index contributed by atoms with van der Waals surface area (Å²) in [6.07, 6.45) is 2.13. The first-order chi connectivity index (χ1) is 19.3. The monoisotopic (exact) mass is 546 g/mol. The summed E-state index contributed by atoms with van der Waals surface area (Å²) < 4.78 is 5.70. The largest absolute Gasteiger partial charge is 0.422 e. The number of rotatable bonds is 8. The zero-order valence-corrected chi connectivity index (χ0v) is 23.3. The van der Waals surface area contributed by atoms with Crippen LogP contribution in [-0.4, -0.2) is 89.6 Å². The highest BCUT2D eigenvalue weighted by Gasteiger charge is 2.55. The van der Waals surface area contributed by atoms with Gasteiger partial charge in [-0.15, -0.1) is 0 Å². The standard InChI is InChI=1S/C28H34N8O4/c1-6-34(7-2)18-8-9-19-17(3)20(25(37)40-21(19)14-18)10-12-36-26(38)28(33-27(36)39)11-13-35(15-28)24(30-5)22-23(29-4)32-16-31-22/h8-9,14,16H,4,6-7,10-13,15H2,1-3,5H3,(H,31,32)(H,33,39)/b30-24+. The molecule has 5 rings (SSSR count). The second kappa shape index (κ2) is 10.6. The Kier molecular flexibility index (Phi) is 7.17. The van der Waals surface area contributed by atoms with E-state index in [0.29, 0.717) is 41.5 Å². The van der Waals surface area contributed by atoms with Gasteiger partial charge in [0.1, 0.15) is 16.8 Å². The highest BCUT2D eigenvalue weighted by molar-refractivity contribution is 6.08. The first kappa shape index (κ1) is 27.1. The number of urea groups is 1. The molecule has 0 aliphatic carbocycles. The number of fused-ring (bicyclic) bond motifs is 1. The van der Waals surface area contributed by atoms with Gasteiger partial charge in [0, 0.05) is 55.9 Å². The molecule has 0 saturated carbocycles. The van der Waals surface area contributed by atoms with Crippen molar-refractivity contribution < 1.29 is 14.0 Å². The molecule has 40 heavy (non-hydrogen) atoms. The molecule has 2 aromatic heterocycles. The minimum absolute atomic E-state index is 0.0691. The Bertz CT molecular complexity index is 1570. The summed E-state index contributed by atoms with van der Waals surface area (Å²) in [5.41, 5.74) is 1.77. The van der Waals surface area contributed by atoms with Crippen molar-refractivity contribution >= 4 is 47.0 Å². The molecule has 2 fully saturated rings. The molecule has 0 bridgehead atoms. The van der Waals surface area contributed by atoms with Crippen LogP contribution in [0.3, 0.4) is 0 Å². The minimum atomic E-state index is -1.07. The molecule has 1 unspecified atom stereocenters. The fourth-order valence-corrected chi connectivity index (χ4v) is 5.80. The van der Waals surface area contributed by atoms with Crippen molar-refractivity contribution in [1.29, 1.82) is 0 Å². The van der Waals surface area contributed by atoms with E-state index in [2.05, 4.69) is 50.7 Å². The molecule has 2 saturated heterocycles. The maximum atomic E-state index is 13.6. The van der Waals surface area contributed by atoms with Crippen molar-refractivity contribution in [1.82, 2.24) is 25.1 Å². The quantitative estimate of drug-likeness (QED) is 0.192. The molecule has 2 N–H and O–H groups in total. The van der Waals surface area contributed by atoms with Crippen LogP contribution in [0.5, 0.6) is 0 Å². The third-order valence-electron chi connectivity index (χ3n) is 8.00. The summed E-state index contributed by atoms with van der Waals surface area (Å²) in [7, 11) is 1.64. The summed E-state index contributed by atoms with van der Waals surface area (Å²) in [5.74, 6) is 0.736. The summed E-state index contributed by atoms with van der Waals surface area (Å²) in [6, 6.07) is 5.39. The van der Waals surface area contributed by atoms with E-state index in [9.17, 15) is 14.4 Å². The van der Waals surface area contributed by atoms with E-state index in [1.54, 1.807) is 7.05 Å². The van der Waals surface area contributed by atoms with Crippen LogP contribution in [0.15, 0.2) is 43.7 Å². The molecule has 3 amide bonds. The van der Waals surface area contributed by atoms with Crippen molar-refractivity contribution in [3.8, 4) is 0 Å². The molecule has 4 heterocycles. The molecule has 12 nitrogen and oxygen atoms in total. The van der Waals surface area contributed by atoms with Gasteiger partial charge in [-0.3, -0.25) is 14.7 Å². The topological polar surface area (TPSA) is 140 Å². The summed E-state index contributed by atoms with van der Waals surface area (Å²) >= 11 is 0. The predicted molar refractivity (Wildman–Crippen MR) is 154 cm³/mol. The van der Waals surface area contributed by atoms with E-state index in [0.717, 1.165) is 29.7 Å². The van der Waals surface area contributed by atoms with Crippen LogP contribution < -0.4 is 15.8 Å². The molecular formula is C28H34N8O4. The number of imidazole rings is 1. The Morgan fingerprint density at radius 3 is 2.73 bits per heavy atom. The fourth-order valence-electron chi connectivity index (χ4n) is 5.80. The van der Waals surface area contributed by atoms with Gasteiger partial charge in [0.2, 0.25) is 0 Å². The number of likely N-dealkylation sites (tertiary alicyclic amines) is 1. The number of benzene rings is 1. The lowest BCUT2D eigenvalue weighted by molar-refractivity contribution is -0.130. The first-order valence-corrected chi connectivity index (χ1v) is 13.4. The van der Waals surface area contributed by atoms with Crippen LogP contribution in [0.25, 0.3) is 11.0 Å². The van der Waals surface area contributed by atoms with E-state index in [4.69, 9.17) is 4.42 Å². The van der Waals surface area contributed by atoms with E-state index < -0.39 is 17.2 Å². The first-order valence-electron chi connectivity index (χ1n) is 13.4. The Morgan fingerprint density at radius 1 is 1.25 bits per heavy atom. The molecule has 12 heteroatoms. The van der Waals surface area contributed by atoms with Gasteiger partial charge < -0.3 is 24.5 Å². The third-order valence-corrected chi connectivity index (χ3v) is 8.00. The summed E-state index contributed by atoms with van der Waals surface area (Å²) in [5, 5.41) is 3.74. The number of carbonyl (C=O) groups excluding carboxylic acids is 2. The Balaban J connectivity index is 1.33. The van der Waals surface area contributed by atoms with Gasteiger partial charge in [-0.1, -0.05) is 0 Å². The third kappa shape index (κ3) is 4.42. The lowest BCUT2D eigenvalue weighted by Gasteiger charge is -2.23. The number of H-pyrrole nitrogens is 1. The molecule has 1 spiro atoms. The summed E-state index contributed by atoms with van der Waals surface area (Å²) in [6.45, 7) is 12.1. The average molecular weight is 547 g/mol. The Morgan fingerprint density at radius 2 is 2.02 bits per heavy atom. The number of aromatic nitrogens is 2. The number of hydrogen-bond donors (Lipinski definition) is 2. The second-order valence-corrected chi connectivity index (χ2v) is 10.0. The van der Waals surface area contributed by atoms with Crippen LogP contribution in [-0.2, 0) is 11.2 Å². The van der Waals surface area contributed by atoms with Crippen LogP contribution >= 0.6 is 0 Å². The number of nitrogens with zero attached hydrogens (tertiary/aromatic N) is 6. The van der Waals surface area contributed by atoms with E-state index in [1.165, 1.54) is 11.2 Å². The zero-order chi connectivity index (χ0) is 28.6. The number of carbonyl (C=O) groups is 2. The van der Waals surface area contributed by atoms with Crippen molar-refractivity contribution in [3.63, 3.8) is 0 Å². The molecule has 1 aromatic carbocycles. The number of aryl methyl sites for hydroxylation is 1. The summed E-state index contributed by atoms with van der Waals surface area (Å²) in [4.78, 5) is 60.4. The Hall–Kier alpha value is -4.48. The van der Waals surface area contributed by atoms with Crippen molar-refractivity contribution in [2.75, 3.05) is 44.7 Å². The fraction of sp³-hybridized carbons (Fsp3) is 0.429. The van der Waals surface area contributed by atoms with Crippen molar-refractivity contribution in [2.45, 2.75) is 39.2 Å². The lowest BCUT2D eigenvalue weighted by Crippen LogP contribution is -2.50. The SMILES string of the molecule is C=Nc1[nH]cnc1/C(=N\C)N1CCC2(C1)NC(=O)N(CCc1c(C)c3ccc(N(CC)CC)cc3oc1=O)C2=O. The minimum Gasteiger partial charge on any atom is -0.422 e. The van der Waals surface area contributed by atoms with Gasteiger partial charge >= 0.3 is 11.7 Å². The predicted octanol–water partition coefficient (Wildman–Crippen LogP) is 2.62. The lowest BCUT2D eigenvalue weighted by atomic mass is 9.98. The molecule has 2 aliphatic rings. The number of amidine groups is 1. The van der Waals surface area contributed by atoms with E-state index >= 15 is 0 Å². The van der Waals surface area contributed by atoms with Crippen molar-refractivity contribution in [2.24, 2.45) is 9.98 Å². The van der Waals surface area contributed by atoms with E-state index in [-0.39, 0.29) is 25.4 Å². The number of hydrogen-bond acceptors (Lipinski definition) is 8. The normalized spacial score (nSPS) is 19.2. The van der Waals surface area contributed by atoms with E-state index in [1.807, 2.05) is 30.0 Å². The van der Waals surface area contributed by atoms with Crippen molar-refractivity contribution in [3.05, 3.63) is 51.8 Å². The van der Waals surface area contributed by atoms with Gasteiger partial charge in [0.05, 0.1) is 12.9 Å². The Labute approximate surface area is 231 Å². The maximum absolute atomic E-state index is 13.6. The van der Waals surface area contributed by atoms with Crippen LogP contribution in [0.1, 0.15) is 37.1 Å². The molecule has 0 radical (unpaired) electrons. The maximum Gasteiger partial charge on any atom is 0.339 e. The number of amides is 3. The van der Waals surface area contributed by atoms with Gasteiger partial charge in [0.15, 0.2) is 11.7 Å². The number of imide groups is 1. The molecular weight excluding hydrogens is 512 g/mol. The smallest absolute Gasteiger partial charge is 0.339 e. The average Bonchev–Trinajstić information content (AvgIpc) is 3.64. The van der Waals surface area contributed by atoms with Gasteiger partial charge in [-0.2, -0.15) is 0 Å². The molecule has 3 aromatic rings. The van der Waals surface area contributed by atoms with Crippen LogP contribution in [0, 0.1) is 6.92 Å².